The van der Waals surface area contributed by atoms with Crippen molar-refractivity contribution in [2.45, 2.75) is 25.7 Å². The highest BCUT2D eigenvalue weighted by Gasteiger charge is 2.13. The minimum absolute atomic E-state index is 0.446. The van der Waals surface area contributed by atoms with Gasteiger partial charge in [-0.3, -0.25) is 0 Å². The molecule has 1 aliphatic heterocycles. The highest BCUT2D eigenvalue weighted by Crippen LogP contribution is 2.21. The molecular formula is C13H19NO. The van der Waals surface area contributed by atoms with Crippen molar-refractivity contribution in [1.29, 1.82) is 0 Å². The Morgan fingerprint density at radius 1 is 1.33 bits per heavy atom. The summed E-state index contributed by atoms with van der Waals surface area (Å²) in [5, 5.41) is 13.0. The van der Waals surface area contributed by atoms with Gasteiger partial charge in [-0.2, -0.15) is 0 Å². The van der Waals surface area contributed by atoms with Crippen molar-refractivity contribution in [1.82, 2.24) is 5.32 Å². The molecule has 1 atom stereocenters. The zero-order chi connectivity index (χ0) is 10.5. The molecule has 2 N–H and O–H groups in total. The molecule has 2 heteroatoms. The van der Waals surface area contributed by atoms with E-state index in [4.69, 9.17) is 0 Å². The normalized spacial score (nSPS) is 21.5. The van der Waals surface area contributed by atoms with E-state index in [-0.39, 0.29) is 0 Å². The van der Waals surface area contributed by atoms with E-state index in [0.717, 1.165) is 24.4 Å². The molecule has 2 rings (SSSR count). The van der Waals surface area contributed by atoms with Crippen molar-refractivity contribution >= 4 is 0 Å². The third-order valence-corrected chi connectivity index (χ3v) is 3.21. The average Bonchev–Trinajstić information content (AvgIpc) is 2.29. The first kappa shape index (κ1) is 10.5. The molecule has 1 fully saturated rings. The number of rotatable bonds is 3. The molecule has 0 spiro atoms. The summed E-state index contributed by atoms with van der Waals surface area (Å²) in [6.07, 6.45) is 4.82. The van der Waals surface area contributed by atoms with Crippen LogP contribution in [0, 0.1) is 5.92 Å². The summed E-state index contributed by atoms with van der Waals surface area (Å²) in [6, 6.07) is 7.66. The van der Waals surface area contributed by atoms with Crippen LogP contribution in [-0.4, -0.2) is 18.2 Å². The third kappa shape index (κ3) is 2.96. The van der Waals surface area contributed by atoms with E-state index in [1.807, 2.05) is 18.2 Å². The summed E-state index contributed by atoms with van der Waals surface area (Å²) in [5.41, 5.74) is 1.09. The van der Waals surface area contributed by atoms with Crippen molar-refractivity contribution in [3.05, 3.63) is 29.8 Å². The lowest BCUT2D eigenvalue weighted by atomic mass is 9.92. The van der Waals surface area contributed by atoms with E-state index in [1.165, 1.54) is 25.8 Å². The smallest absolute Gasteiger partial charge is 0.118 e. The number of aromatic hydroxyl groups is 1. The first-order valence-electron chi connectivity index (χ1n) is 5.84. The molecule has 1 aromatic rings. The van der Waals surface area contributed by atoms with Gasteiger partial charge in [0.25, 0.3) is 0 Å². The van der Waals surface area contributed by atoms with Crippen LogP contribution in [0.25, 0.3) is 0 Å². The Labute approximate surface area is 91.3 Å². The predicted octanol–water partition coefficient (Wildman–Crippen LogP) is 2.32. The number of aryl methyl sites for hydroxylation is 1. The van der Waals surface area contributed by atoms with Gasteiger partial charge in [0.1, 0.15) is 5.75 Å². The predicted molar refractivity (Wildman–Crippen MR) is 62.0 cm³/mol. The number of nitrogens with one attached hydrogen (secondary N) is 1. The van der Waals surface area contributed by atoms with Crippen LogP contribution < -0.4 is 5.32 Å². The summed E-state index contributed by atoms with van der Waals surface area (Å²) in [4.78, 5) is 0. The number of benzene rings is 1. The Kier molecular flexibility index (Phi) is 3.62. The lowest BCUT2D eigenvalue weighted by Crippen LogP contribution is -2.29. The molecule has 0 radical (unpaired) electrons. The van der Waals surface area contributed by atoms with E-state index in [0.29, 0.717) is 5.75 Å². The standard InChI is InChI=1S/C13H19NO/c15-13-6-2-1-5-12(13)8-7-11-4-3-9-14-10-11/h1-2,5-6,11,14-15H,3-4,7-10H2. The van der Waals surface area contributed by atoms with Gasteiger partial charge in [-0.25, -0.2) is 0 Å². The third-order valence-electron chi connectivity index (χ3n) is 3.21. The van der Waals surface area contributed by atoms with E-state index in [2.05, 4.69) is 5.32 Å². The van der Waals surface area contributed by atoms with Crippen LogP contribution in [0.15, 0.2) is 24.3 Å². The van der Waals surface area contributed by atoms with Crippen LogP contribution >= 0.6 is 0 Å². The van der Waals surface area contributed by atoms with Gasteiger partial charge >= 0.3 is 0 Å². The summed E-state index contributed by atoms with van der Waals surface area (Å²) < 4.78 is 0. The summed E-state index contributed by atoms with van der Waals surface area (Å²) in [6.45, 7) is 2.32. The monoisotopic (exact) mass is 205 g/mol. The molecule has 15 heavy (non-hydrogen) atoms. The molecule has 0 bridgehead atoms. The van der Waals surface area contributed by atoms with Gasteiger partial charge in [0.15, 0.2) is 0 Å². The maximum Gasteiger partial charge on any atom is 0.118 e. The SMILES string of the molecule is Oc1ccccc1CCC1CCCNC1. The van der Waals surface area contributed by atoms with Crippen molar-refractivity contribution < 1.29 is 5.11 Å². The molecule has 0 saturated carbocycles. The summed E-state index contributed by atoms with van der Waals surface area (Å²) >= 11 is 0. The number of phenols is 1. The first-order chi connectivity index (χ1) is 7.36. The highest BCUT2D eigenvalue weighted by atomic mass is 16.3. The van der Waals surface area contributed by atoms with Crippen LogP contribution in [0.1, 0.15) is 24.8 Å². The topological polar surface area (TPSA) is 32.3 Å². The van der Waals surface area contributed by atoms with Crippen LogP contribution in [0.5, 0.6) is 5.75 Å². The molecule has 0 aromatic heterocycles. The molecule has 1 saturated heterocycles. The Hall–Kier alpha value is -1.02. The van der Waals surface area contributed by atoms with Gasteiger partial charge < -0.3 is 10.4 Å². The number of phenolic OH excluding ortho intramolecular Hbond substituents is 1. The van der Waals surface area contributed by atoms with Gasteiger partial charge in [0.2, 0.25) is 0 Å². The molecule has 0 amide bonds. The van der Waals surface area contributed by atoms with E-state index < -0.39 is 0 Å². The lowest BCUT2D eigenvalue weighted by molar-refractivity contribution is 0.356. The second-order valence-corrected chi connectivity index (χ2v) is 4.38. The summed E-state index contributed by atoms with van der Waals surface area (Å²) in [5.74, 6) is 1.24. The fourth-order valence-corrected chi connectivity index (χ4v) is 2.25. The second-order valence-electron chi connectivity index (χ2n) is 4.38. The molecule has 1 aromatic carbocycles. The Morgan fingerprint density at radius 2 is 2.20 bits per heavy atom. The van der Waals surface area contributed by atoms with E-state index in [1.54, 1.807) is 6.07 Å². The lowest BCUT2D eigenvalue weighted by Gasteiger charge is -2.22. The van der Waals surface area contributed by atoms with E-state index >= 15 is 0 Å². The second kappa shape index (κ2) is 5.17. The van der Waals surface area contributed by atoms with Crippen LogP contribution in [0.2, 0.25) is 0 Å². The van der Waals surface area contributed by atoms with E-state index in [9.17, 15) is 5.11 Å². The van der Waals surface area contributed by atoms with Crippen molar-refractivity contribution in [2.24, 2.45) is 5.92 Å². The van der Waals surface area contributed by atoms with Crippen molar-refractivity contribution in [3.63, 3.8) is 0 Å². The minimum atomic E-state index is 0.446. The van der Waals surface area contributed by atoms with Gasteiger partial charge in [0.05, 0.1) is 0 Å². The Morgan fingerprint density at radius 3 is 2.93 bits per heavy atom. The average molecular weight is 205 g/mol. The maximum absolute atomic E-state index is 9.62. The fraction of sp³-hybridized carbons (Fsp3) is 0.538. The molecule has 1 unspecified atom stereocenters. The fourth-order valence-electron chi connectivity index (χ4n) is 2.25. The molecule has 1 heterocycles. The summed E-state index contributed by atoms with van der Waals surface area (Å²) in [7, 11) is 0. The number of piperidine rings is 1. The molecular weight excluding hydrogens is 186 g/mol. The molecule has 82 valence electrons. The zero-order valence-corrected chi connectivity index (χ0v) is 9.08. The number of para-hydroxylation sites is 1. The Balaban J connectivity index is 1.84. The van der Waals surface area contributed by atoms with Gasteiger partial charge in [-0.15, -0.1) is 0 Å². The van der Waals surface area contributed by atoms with Crippen LogP contribution in [0.3, 0.4) is 0 Å². The maximum atomic E-state index is 9.62. The molecule has 0 aliphatic carbocycles. The van der Waals surface area contributed by atoms with Crippen LogP contribution in [0.4, 0.5) is 0 Å². The first-order valence-corrected chi connectivity index (χ1v) is 5.84. The van der Waals surface area contributed by atoms with Gasteiger partial charge in [-0.1, -0.05) is 18.2 Å². The largest absolute Gasteiger partial charge is 0.508 e. The van der Waals surface area contributed by atoms with Crippen molar-refractivity contribution in [2.75, 3.05) is 13.1 Å². The molecule has 1 aliphatic rings. The van der Waals surface area contributed by atoms with Crippen molar-refractivity contribution in [3.8, 4) is 5.75 Å². The van der Waals surface area contributed by atoms with Gasteiger partial charge in [-0.05, 0) is 56.3 Å². The number of hydrogen-bond acceptors (Lipinski definition) is 2. The quantitative estimate of drug-likeness (QED) is 0.793. The highest BCUT2D eigenvalue weighted by molar-refractivity contribution is 5.31. The Bertz CT molecular complexity index is 305. The zero-order valence-electron chi connectivity index (χ0n) is 9.08. The number of hydrogen-bond donors (Lipinski definition) is 2. The molecule has 2 nitrogen and oxygen atoms in total. The van der Waals surface area contributed by atoms with Crippen LogP contribution in [-0.2, 0) is 6.42 Å². The van der Waals surface area contributed by atoms with Gasteiger partial charge in [0, 0.05) is 0 Å². The minimum Gasteiger partial charge on any atom is -0.508 e.